The quantitative estimate of drug-likeness (QED) is 0.692. The molecule has 0 radical (unpaired) electrons. The SMILES string of the molecule is NC(=S)c1ccc2c(c1)S(=O)(=O)c1ccccc1C2=O. The highest BCUT2D eigenvalue weighted by molar-refractivity contribution is 7.91. The molecule has 0 spiro atoms. The Balaban J connectivity index is 2.38. The molecule has 100 valence electrons. The molecule has 0 amide bonds. The van der Waals surface area contributed by atoms with Crippen molar-refractivity contribution in [3.63, 3.8) is 0 Å². The zero-order valence-electron chi connectivity index (χ0n) is 10.2. The third-order valence-electron chi connectivity index (χ3n) is 3.22. The Morgan fingerprint density at radius 2 is 1.65 bits per heavy atom. The van der Waals surface area contributed by atoms with Crippen molar-refractivity contribution in [1.29, 1.82) is 0 Å². The predicted molar refractivity (Wildman–Crippen MR) is 77.7 cm³/mol. The molecular formula is C14H9NO3S2. The number of rotatable bonds is 1. The van der Waals surface area contributed by atoms with Crippen molar-refractivity contribution in [2.24, 2.45) is 5.73 Å². The Hall–Kier alpha value is -2.05. The van der Waals surface area contributed by atoms with Crippen LogP contribution < -0.4 is 5.73 Å². The molecule has 0 unspecified atom stereocenters. The molecule has 0 fully saturated rings. The molecule has 1 aliphatic heterocycles. The van der Waals surface area contributed by atoms with Gasteiger partial charge in [-0.05, 0) is 24.3 Å². The first-order valence-electron chi connectivity index (χ1n) is 5.75. The summed E-state index contributed by atoms with van der Waals surface area (Å²) in [5.74, 6) is -0.306. The van der Waals surface area contributed by atoms with Crippen LogP contribution in [0.2, 0.25) is 0 Å². The third-order valence-corrected chi connectivity index (χ3v) is 5.31. The van der Waals surface area contributed by atoms with Gasteiger partial charge in [0.05, 0.1) is 9.79 Å². The molecule has 0 saturated carbocycles. The summed E-state index contributed by atoms with van der Waals surface area (Å²) in [6.07, 6.45) is 0. The summed E-state index contributed by atoms with van der Waals surface area (Å²) in [5, 5.41) is 0. The van der Waals surface area contributed by atoms with Gasteiger partial charge in [0.1, 0.15) is 4.99 Å². The molecule has 0 bridgehead atoms. The van der Waals surface area contributed by atoms with Gasteiger partial charge in [-0.2, -0.15) is 0 Å². The van der Waals surface area contributed by atoms with E-state index in [4.69, 9.17) is 18.0 Å². The summed E-state index contributed by atoms with van der Waals surface area (Å²) in [7, 11) is -3.73. The zero-order valence-corrected chi connectivity index (χ0v) is 11.8. The van der Waals surface area contributed by atoms with Gasteiger partial charge in [-0.1, -0.05) is 30.4 Å². The topological polar surface area (TPSA) is 77.2 Å². The van der Waals surface area contributed by atoms with Crippen LogP contribution in [-0.2, 0) is 9.84 Å². The minimum atomic E-state index is -3.73. The standard InChI is InChI=1S/C14H9NO3S2/c15-14(19)8-5-6-10-12(7-8)20(17,18)11-4-2-1-3-9(11)13(10)16/h1-7H,(H2,15,19). The minimum absolute atomic E-state index is 0.0255. The third kappa shape index (κ3) is 1.69. The number of nitrogens with two attached hydrogens (primary N) is 1. The van der Waals surface area contributed by atoms with Crippen LogP contribution in [0.1, 0.15) is 21.5 Å². The first-order chi connectivity index (χ1) is 9.43. The van der Waals surface area contributed by atoms with Crippen LogP contribution in [0.3, 0.4) is 0 Å². The highest BCUT2D eigenvalue weighted by Crippen LogP contribution is 2.34. The van der Waals surface area contributed by atoms with E-state index >= 15 is 0 Å². The lowest BCUT2D eigenvalue weighted by atomic mass is 10.0. The van der Waals surface area contributed by atoms with Crippen LogP contribution in [0.4, 0.5) is 0 Å². The summed E-state index contributed by atoms with van der Waals surface area (Å²) in [6.45, 7) is 0. The summed E-state index contributed by atoms with van der Waals surface area (Å²) >= 11 is 4.85. The smallest absolute Gasteiger partial charge is 0.208 e. The van der Waals surface area contributed by atoms with Gasteiger partial charge >= 0.3 is 0 Å². The molecular weight excluding hydrogens is 294 g/mol. The highest BCUT2D eigenvalue weighted by Gasteiger charge is 2.34. The lowest BCUT2D eigenvalue weighted by Gasteiger charge is -2.19. The maximum atomic E-state index is 12.6. The second kappa shape index (κ2) is 4.22. The molecule has 4 nitrogen and oxygen atoms in total. The van der Waals surface area contributed by atoms with Crippen molar-refractivity contribution in [3.8, 4) is 0 Å². The number of fused-ring (bicyclic) bond motifs is 2. The fraction of sp³-hybridized carbons (Fsp3) is 0. The van der Waals surface area contributed by atoms with Gasteiger partial charge in [-0.3, -0.25) is 4.79 Å². The number of thiocarbonyl (C=S) groups is 1. The van der Waals surface area contributed by atoms with Gasteiger partial charge < -0.3 is 5.73 Å². The van der Waals surface area contributed by atoms with E-state index in [9.17, 15) is 13.2 Å². The number of carbonyl (C=O) groups is 1. The van der Waals surface area contributed by atoms with Crippen LogP contribution >= 0.6 is 12.2 Å². The van der Waals surface area contributed by atoms with E-state index in [1.54, 1.807) is 18.2 Å². The van der Waals surface area contributed by atoms with Crippen molar-refractivity contribution in [2.75, 3.05) is 0 Å². The summed E-state index contributed by atoms with van der Waals surface area (Å²) in [5.41, 5.74) is 6.30. The van der Waals surface area contributed by atoms with Gasteiger partial charge in [0.25, 0.3) is 0 Å². The van der Waals surface area contributed by atoms with Crippen LogP contribution in [0.15, 0.2) is 52.3 Å². The van der Waals surface area contributed by atoms with Crippen molar-refractivity contribution in [1.82, 2.24) is 0 Å². The first-order valence-corrected chi connectivity index (χ1v) is 7.65. The molecule has 1 aliphatic rings. The Morgan fingerprint density at radius 1 is 1.00 bits per heavy atom. The molecule has 6 heteroatoms. The van der Waals surface area contributed by atoms with E-state index in [1.807, 2.05) is 0 Å². The average Bonchev–Trinajstić information content (AvgIpc) is 2.44. The summed E-state index contributed by atoms with van der Waals surface area (Å²) in [6, 6.07) is 10.5. The molecule has 20 heavy (non-hydrogen) atoms. The van der Waals surface area contributed by atoms with Crippen molar-refractivity contribution >= 4 is 32.8 Å². The Kier molecular flexibility index (Phi) is 2.74. The maximum Gasteiger partial charge on any atom is 0.208 e. The number of benzene rings is 2. The maximum absolute atomic E-state index is 12.6. The fourth-order valence-electron chi connectivity index (χ4n) is 2.24. The number of hydrogen-bond acceptors (Lipinski definition) is 4. The van der Waals surface area contributed by atoms with Crippen molar-refractivity contribution < 1.29 is 13.2 Å². The van der Waals surface area contributed by atoms with Gasteiger partial charge in [0, 0.05) is 16.7 Å². The molecule has 1 heterocycles. The largest absolute Gasteiger partial charge is 0.389 e. The molecule has 3 rings (SSSR count). The molecule has 0 aromatic heterocycles. The van der Waals surface area contributed by atoms with E-state index in [0.717, 1.165) is 0 Å². The minimum Gasteiger partial charge on any atom is -0.389 e. The van der Waals surface area contributed by atoms with E-state index in [1.165, 1.54) is 24.3 Å². The average molecular weight is 303 g/mol. The second-order valence-corrected chi connectivity index (χ2v) is 6.73. The Labute approximate surface area is 121 Å². The predicted octanol–water partition coefficient (Wildman–Crippen LogP) is 1.70. The van der Waals surface area contributed by atoms with Gasteiger partial charge in [-0.15, -0.1) is 0 Å². The summed E-state index contributed by atoms with van der Waals surface area (Å²) in [4.78, 5) is 12.4. The lowest BCUT2D eigenvalue weighted by molar-refractivity contribution is 0.103. The first kappa shape index (κ1) is 13.0. The van der Waals surface area contributed by atoms with Crippen molar-refractivity contribution in [3.05, 3.63) is 59.2 Å². The van der Waals surface area contributed by atoms with Crippen LogP contribution in [-0.4, -0.2) is 19.2 Å². The van der Waals surface area contributed by atoms with Crippen molar-refractivity contribution in [2.45, 2.75) is 9.79 Å². The molecule has 0 saturated heterocycles. The molecule has 2 aromatic rings. The van der Waals surface area contributed by atoms with E-state index in [2.05, 4.69) is 0 Å². The van der Waals surface area contributed by atoms with Crippen LogP contribution in [0.5, 0.6) is 0 Å². The number of sulfone groups is 1. The Morgan fingerprint density at radius 3 is 2.35 bits per heavy atom. The van der Waals surface area contributed by atoms with E-state index in [0.29, 0.717) is 5.56 Å². The fourth-order valence-corrected chi connectivity index (χ4v) is 4.04. The monoisotopic (exact) mass is 303 g/mol. The Bertz CT molecular complexity index is 870. The zero-order chi connectivity index (χ0) is 14.5. The molecule has 2 N–H and O–H groups in total. The second-order valence-electron chi connectivity index (χ2n) is 4.40. The summed E-state index contributed by atoms with van der Waals surface area (Å²) < 4.78 is 25.2. The van der Waals surface area contributed by atoms with Crippen LogP contribution in [0.25, 0.3) is 0 Å². The highest BCUT2D eigenvalue weighted by atomic mass is 32.2. The number of hydrogen-bond donors (Lipinski definition) is 1. The van der Waals surface area contributed by atoms with Crippen LogP contribution in [0, 0.1) is 0 Å². The molecule has 0 atom stereocenters. The van der Waals surface area contributed by atoms with Gasteiger partial charge in [0.15, 0.2) is 5.78 Å². The van der Waals surface area contributed by atoms with Gasteiger partial charge in [-0.25, -0.2) is 8.42 Å². The molecule has 2 aromatic carbocycles. The number of ketones is 1. The van der Waals surface area contributed by atoms with E-state index < -0.39 is 9.84 Å². The lowest BCUT2D eigenvalue weighted by Crippen LogP contribution is -2.21. The normalized spacial score (nSPS) is 15.3. The van der Waals surface area contributed by atoms with E-state index in [-0.39, 0.29) is 31.7 Å². The van der Waals surface area contributed by atoms with Gasteiger partial charge in [0.2, 0.25) is 9.84 Å². The molecule has 0 aliphatic carbocycles. The number of carbonyl (C=O) groups excluding carboxylic acids is 1.